The number of rotatable bonds is 5. The fourth-order valence-electron chi connectivity index (χ4n) is 2.55. The summed E-state index contributed by atoms with van der Waals surface area (Å²) in [5.41, 5.74) is 2.59. The highest BCUT2D eigenvalue weighted by Crippen LogP contribution is 2.29. The minimum absolute atomic E-state index is 0.229. The molecule has 1 amide bonds. The first kappa shape index (κ1) is 18.5. The standard InChI is InChI=1S/C20H14N4O4S/c25-19-17(12-16-10-11-18(28-16)24(26)27)29-20(23-19)22-15-8-6-14(7-9-15)21-13-4-2-1-3-5-13/h1-12,21H,(H,22,23,25)/b17-12-. The minimum atomic E-state index is -0.632. The first-order valence-corrected chi connectivity index (χ1v) is 9.34. The van der Waals surface area contributed by atoms with Crippen LogP contribution >= 0.6 is 11.8 Å². The number of amides is 1. The smallest absolute Gasteiger partial charge is 0.401 e. The number of aliphatic imine (C=N–C) groups is 1. The molecule has 1 aliphatic rings. The molecule has 3 aromatic rings. The summed E-state index contributed by atoms with van der Waals surface area (Å²) in [6.07, 6.45) is 1.45. The summed E-state index contributed by atoms with van der Waals surface area (Å²) in [7, 11) is 0. The maximum atomic E-state index is 12.1. The number of carbonyl (C=O) groups excluding carboxylic acids is 1. The Morgan fingerprint density at radius 1 is 1.03 bits per heavy atom. The summed E-state index contributed by atoms with van der Waals surface area (Å²) >= 11 is 1.14. The summed E-state index contributed by atoms with van der Waals surface area (Å²) in [5.74, 6) is -0.486. The van der Waals surface area contributed by atoms with Gasteiger partial charge in [0.05, 0.1) is 16.7 Å². The maximum absolute atomic E-state index is 12.1. The second-order valence-corrected chi connectivity index (χ2v) is 6.98. The van der Waals surface area contributed by atoms with E-state index in [0.717, 1.165) is 23.1 Å². The van der Waals surface area contributed by atoms with Crippen LogP contribution in [-0.2, 0) is 4.79 Å². The van der Waals surface area contributed by atoms with E-state index >= 15 is 0 Å². The van der Waals surface area contributed by atoms with Gasteiger partial charge in [0.1, 0.15) is 10.7 Å². The lowest BCUT2D eigenvalue weighted by Crippen LogP contribution is -2.19. The first-order valence-electron chi connectivity index (χ1n) is 8.53. The number of para-hydroxylation sites is 1. The zero-order chi connectivity index (χ0) is 20.2. The fourth-order valence-corrected chi connectivity index (χ4v) is 3.37. The second kappa shape index (κ2) is 8.03. The van der Waals surface area contributed by atoms with Crippen molar-refractivity contribution in [3.8, 4) is 0 Å². The molecule has 144 valence electrons. The molecule has 29 heavy (non-hydrogen) atoms. The van der Waals surface area contributed by atoms with E-state index in [0.29, 0.717) is 15.8 Å². The van der Waals surface area contributed by atoms with E-state index in [-0.39, 0.29) is 17.6 Å². The Kier molecular flexibility index (Phi) is 5.12. The number of thioether (sulfide) groups is 1. The van der Waals surface area contributed by atoms with Gasteiger partial charge in [-0.2, -0.15) is 0 Å². The van der Waals surface area contributed by atoms with Crippen molar-refractivity contribution in [1.82, 2.24) is 5.32 Å². The van der Waals surface area contributed by atoms with Crippen LogP contribution in [0.5, 0.6) is 0 Å². The highest BCUT2D eigenvalue weighted by atomic mass is 32.2. The molecular weight excluding hydrogens is 392 g/mol. The van der Waals surface area contributed by atoms with Gasteiger partial charge in [-0.3, -0.25) is 14.9 Å². The Balaban J connectivity index is 1.45. The van der Waals surface area contributed by atoms with Crippen LogP contribution < -0.4 is 10.6 Å². The summed E-state index contributed by atoms with van der Waals surface area (Å²) in [4.78, 5) is 26.9. The molecule has 2 heterocycles. The molecule has 0 bridgehead atoms. The Morgan fingerprint density at radius 2 is 1.76 bits per heavy atom. The van der Waals surface area contributed by atoms with Crippen molar-refractivity contribution in [2.24, 2.45) is 4.99 Å². The largest absolute Gasteiger partial charge is 0.433 e. The molecule has 0 spiro atoms. The third-order valence-corrected chi connectivity index (χ3v) is 4.79. The molecular formula is C20H14N4O4S. The van der Waals surface area contributed by atoms with Gasteiger partial charge >= 0.3 is 5.88 Å². The molecule has 8 nitrogen and oxygen atoms in total. The van der Waals surface area contributed by atoms with Gasteiger partial charge < -0.3 is 15.1 Å². The Hall–Kier alpha value is -3.85. The number of hydrogen-bond acceptors (Lipinski definition) is 7. The van der Waals surface area contributed by atoms with E-state index in [1.807, 2.05) is 54.6 Å². The van der Waals surface area contributed by atoms with E-state index in [9.17, 15) is 14.9 Å². The molecule has 2 aromatic carbocycles. The number of nitrogens with zero attached hydrogens (tertiary/aromatic N) is 2. The van der Waals surface area contributed by atoms with E-state index in [2.05, 4.69) is 15.6 Å². The van der Waals surface area contributed by atoms with Gasteiger partial charge in [-0.15, -0.1) is 0 Å². The van der Waals surface area contributed by atoms with Crippen molar-refractivity contribution in [2.45, 2.75) is 0 Å². The number of nitrogens with one attached hydrogen (secondary N) is 2. The molecule has 0 saturated carbocycles. The van der Waals surface area contributed by atoms with Gasteiger partial charge in [-0.05, 0) is 54.2 Å². The maximum Gasteiger partial charge on any atom is 0.433 e. The summed E-state index contributed by atoms with van der Waals surface area (Å²) < 4.78 is 5.06. The zero-order valence-electron chi connectivity index (χ0n) is 14.9. The molecule has 0 atom stereocenters. The van der Waals surface area contributed by atoms with Gasteiger partial charge in [0.15, 0.2) is 5.17 Å². The molecule has 1 fully saturated rings. The number of hydrogen-bond donors (Lipinski definition) is 2. The molecule has 0 aliphatic carbocycles. The monoisotopic (exact) mass is 406 g/mol. The van der Waals surface area contributed by atoms with Gasteiger partial charge in [0, 0.05) is 17.5 Å². The second-order valence-electron chi connectivity index (χ2n) is 5.95. The number of amidine groups is 1. The van der Waals surface area contributed by atoms with E-state index in [4.69, 9.17) is 4.42 Å². The summed E-state index contributed by atoms with van der Waals surface area (Å²) in [6, 6.07) is 19.9. The first-order chi connectivity index (χ1) is 14.1. The quantitative estimate of drug-likeness (QED) is 0.357. The molecule has 9 heteroatoms. The Bertz CT molecular complexity index is 1120. The highest BCUT2D eigenvalue weighted by molar-refractivity contribution is 8.18. The number of furan rings is 1. The van der Waals surface area contributed by atoms with E-state index in [1.54, 1.807) is 0 Å². The Labute approximate surface area is 169 Å². The minimum Gasteiger partial charge on any atom is -0.401 e. The zero-order valence-corrected chi connectivity index (χ0v) is 15.7. The Morgan fingerprint density at radius 3 is 2.45 bits per heavy atom. The molecule has 2 N–H and O–H groups in total. The number of nitro groups is 1. The van der Waals surface area contributed by atoms with Crippen LogP contribution in [0.15, 0.2) is 81.0 Å². The van der Waals surface area contributed by atoms with E-state index in [1.165, 1.54) is 18.2 Å². The lowest BCUT2D eigenvalue weighted by atomic mass is 10.2. The predicted molar refractivity (Wildman–Crippen MR) is 112 cm³/mol. The number of benzene rings is 2. The highest BCUT2D eigenvalue weighted by Gasteiger charge is 2.24. The average molecular weight is 406 g/mol. The van der Waals surface area contributed by atoms with Crippen molar-refractivity contribution in [3.63, 3.8) is 0 Å². The SMILES string of the molecule is O=C1NC(=Nc2ccc(Nc3ccccc3)cc2)S/C1=C\c1ccc([N+](=O)[O-])o1. The number of carbonyl (C=O) groups is 1. The van der Waals surface area contributed by atoms with E-state index < -0.39 is 4.92 Å². The normalized spacial score (nSPS) is 16.2. The molecule has 0 unspecified atom stereocenters. The van der Waals surface area contributed by atoms with Gasteiger partial charge in [-0.25, -0.2) is 4.99 Å². The van der Waals surface area contributed by atoms with Crippen molar-refractivity contribution in [2.75, 3.05) is 5.32 Å². The van der Waals surface area contributed by atoms with Gasteiger partial charge in [-0.1, -0.05) is 18.2 Å². The summed E-state index contributed by atoms with van der Waals surface area (Å²) in [5, 5.41) is 17.1. The van der Waals surface area contributed by atoms with Crippen molar-refractivity contribution in [1.29, 1.82) is 0 Å². The van der Waals surface area contributed by atoms with Crippen molar-refractivity contribution < 1.29 is 14.1 Å². The third kappa shape index (κ3) is 4.53. The van der Waals surface area contributed by atoms with Crippen LogP contribution in [0.1, 0.15) is 5.76 Å². The van der Waals surface area contributed by atoms with Crippen LogP contribution in [0.25, 0.3) is 6.08 Å². The van der Waals surface area contributed by atoms with Crippen LogP contribution in [-0.4, -0.2) is 16.0 Å². The summed E-state index contributed by atoms with van der Waals surface area (Å²) in [6.45, 7) is 0. The fraction of sp³-hybridized carbons (Fsp3) is 0. The van der Waals surface area contributed by atoms with Crippen LogP contribution in [0.3, 0.4) is 0 Å². The van der Waals surface area contributed by atoms with Crippen LogP contribution in [0, 0.1) is 10.1 Å². The molecule has 0 radical (unpaired) electrons. The van der Waals surface area contributed by atoms with Gasteiger partial charge in [0.25, 0.3) is 5.91 Å². The molecule has 1 aromatic heterocycles. The van der Waals surface area contributed by atoms with Crippen LogP contribution in [0.4, 0.5) is 22.9 Å². The van der Waals surface area contributed by atoms with Crippen molar-refractivity contribution in [3.05, 3.63) is 87.5 Å². The third-order valence-electron chi connectivity index (χ3n) is 3.88. The molecule has 4 rings (SSSR count). The number of anilines is 2. The average Bonchev–Trinajstić information content (AvgIpc) is 3.31. The van der Waals surface area contributed by atoms with Crippen molar-refractivity contribution >= 4 is 51.9 Å². The molecule has 1 saturated heterocycles. The lowest BCUT2D eigenvalue weighted by Gasteiger charge is -2.06. The van der Waals surface area contributed by atoms with Crippen LogP contribution in [0.2, 0.25) is 0 Å². The predicted octanol–water partition coefficient (Wildman–Crippen LogP) is 4.82. The molecule has 1 aliphatic heterocycles. The topological polar surface area (TPSA) is 110 Å². The van der Waals surface area contributed by atoms with Gasteiger partial charge in [0.2, 0.25) is 0 Å². The lowest BCUT2D eigenvalue weighted by molar-refractivity contribution is -0.402.